The third-order valence-electron chi connectivity index (χ3n) is 4.17. The molecule has 0 radical (unpaired) electrons. The number of benzene rings is 2. The third-order valence-corrected chi connectivity index (χ3v) is 4.74. The van der Waals surface area contributed by atoms with Crippen molar-refractivity contribution in [2.45, 2.75) is 19.3 Å². The zero-order chi connectivity index (χ0) is 19.4. The summed E-state index contributed by atoms with van der Waals surface area (Å²) in [6, 6.07) is 11.7. The van der Waals surface area contributed by atoms with E-state index in [-0.39, 0.29) is 28.8 Å². The molecule has 0 atom stereocenters. The van der Waals surface area contributed by atoms with Gasteiger partial charge in [0, 0.05) is 23.7 Å². The Bertz CT molecular complexity index is 884. The molecule has 3 rings (SSSR count). The van der Waals surface area contributed by atoms with Crippen LogP contribution in [0.3, 0.4) is 0 Å². The smallest absolute Gasteiger partial charge is 0.271 e. The normalized spacial score (nSPS) is 13.6. The number of halogens is 2. The molecule has 0 aliphatic carbocycles. The van der Waals surface area contributed by atoms with Crippen molar-refractivity contribution in [2.75, 3.05) is 11.4 Å². The summed E-state index contributed by atoms with van der Waals surface area (Å²) in [5, 5.41) is 0.602. The molecule has 0 spiro atoms. The number of hydrogen-bond acceptors (Lipinski definition) is 3. The summed E-state index contributed by atoms with van der Waals surface area (Å²) in [4.78, 5) is 37.6. The predicted molar refractivity (Wildman–Crippen MR) is 104 cm³/mol. The van der Waals surface area contributed by atoms with Crippen LogP contribution in [-0.4, -0.2) is 24.3 Å². The summed E-state index contributed by atoms with van der Waals surface area (Å²) >= 11 is 11.8. The first-order chi connectivity index (χ1) is 12.9. The van der Waals surface area contributed by atoms with Crippen molar-refractivity contribution in [3.8, 4) is 0 Å². The number of rotatable bonds is 4. The summed E-state index contributed by atoms with van der Waals surface area (Å²) in [5.74, 6) is -0.826. The lowest BCUT2D eigenvalue weighted by atomic mass is 10.1. The van der Waals surface area contributed by atoms with Gasteiger partial charge in [-0.3, -0.25) is 25.2 Å². The van der Waals surface area contributed by atoms with Crippen molar-refractivity contribution in [3.63, 3.8) is 0 Å². The fraction of sp³-hybridized carbons (Fsp3) is 0.211. The van der Waals surface area contributed by atoms with E-state index in [9.17, 15) is 14.4 Å². The molecule has 2 N–H and O–H groups in total. The van der Waals surface area contributed by atoms with Gasteiger partial charge in [-0.15, -0.1) is 0 Å². The van der Waals surface area contributed by atoms with Crippen LogP contribution < -0.4 is 15.8 Å². The topological polar surface area (TPSA) is 78.5 Å². The van der Waals surface area contributed by atoms with Crippen LogP contribution in [0.15, 0.2) is 42.5 Å². The second-order valence-electron chi connectivity index (χ2n) is 6.12. The van der Waals surface area contributed by atoms with Crippen molar-refractivity contribution in [3.05, 3.63) is 63.6 Å². The minimum atomic E-state index is -0.557. The number of carbonyl (C=O) groups is 3. The highest BCUT2D eigenvalue weighted by molar-refractivity contribution is 6.35. The van der Waals surface area contributed by atoms with Crippen molar-refractivity contribution in [1.29, 1.82) is 0 Å². The van der Waals surface area contributed by atoms with Gasteiger partial charge in [-0.25, -0.2) is 0 Å². The molecule has 2 aromatic rings. The van der Waals surface area contributed by atoms with E-state index in [1.807, 2.05) is 12.1 Å². The Morgan fingerprint density at radius 1 is 1.04 bits per heavy atom. The highest BCUT2D eigenvalue weighted by Crippen LogP contribution is 2.22. The van der Waals surface area contributed by atoms with Crippen molar-refractivity contribution in [2.24, 2.45) is 0 Å². The molecule has 8 heteroatoms. The Morgan fingerprint density at radius 3 is 2.44 bits per heavy atom. The molecule has 3 amide bonds. The number of anilines is 1. The first-order valence-electron chi connectivity index (χ1n) is 8.37. The molecule has 1 fully saturated rings. The zero-order valence-corrected chi connectivity index (χ0v) is 15.8. The van der Waals surface area contributed by atoms with E-state index in [1.54, 1.807) is 23.1 Å². The van der Waals surface area contributed by atoms with Crippen LogP contribution in [0.25, 0.3) is 0 Å². The molecule has 1 aliphatic rings. The molecule has 0 unspecified atom stereocenters. The summed E-state index contributed by atoms with van der Waals surface area (Å²) in [6.45, 7) is 0.719. The zero-order valence-electron chi connectivity index (χ0n) is 14.3. The molecule has 0 aromatic heterocycles. The van der Waals surface area contributed by atoms with E-state index in [1.165, 1.54) is 12.1 Å². The van der Waals surface area contributed by atoms with Crippen LogP contribution >= 0.6 is 23.2 Å². The summed E-state index contributed by atoms with van der Waals surface area (Å²) in [7, 11) is 0. The van der Waals surface area contributed by atoms with Crippen LogP contribution in [0.5, 0.6) is 0 Å². The maximum absolute atomic E-state index is 12.1. The molecule has 2 aromatic carbocycles. The lowest BCUT2D eigenvalue weighted by Crippen LogP contribution is -2.42. The molecule has 1 aliphatic heterocycles. The van der Waals surface area contributed by atoms with E-state index >= 15 is 0 Å². The molecule has 0 bridgehead atoms. The number of hydrazine groups is 1. The Labute approximate surface area is 166 Å². The molecular weight excluding hydrogens is 389 g/mol. The van der Waals surface area contributed by atoms with Gasteiger partial charge in [0.1, 0.15) is 0 Å². The van der Waals surface area contributed by atoms with Gasteiger partial charge < -0.3 is 4.90 Å². The fourth-order valence-corrected chi connectivity index (χ4v) is 3.19. The van der Waals surface area contributed by atoms with Crippen LogP contribution in [0.4, 0.5) is 5.69 Å². The van der Waals surface area contributed by atoms with Gasteiger partial charge in [0.25, 0.3) is 5.91 Å². The molecule has 6 nitrogen and oxygen atoms in total. The minimum absolute atomic E-state index is 0.0811. The van der Waals surface area contributed by atoms with Crippen molar-refractivity contribution in [1.82, 2.24) is 10.9 Å². The second-order valence-corrected chi connectivity index (χ2v) is 6.96. The number of nitrogens with zero attached hydrogens (tertiary/aromatic N) is 1. The van der Waals surface area contributed by atoms with Crippen LogP contribution in [0.2, 0.25) is 10.0 Å². The van der Waals surface area contributed by atoms with Gasteiger partial charge in [-0.2, -0.15) is 0 Å². The number of nitrogens with one attached hydrogen (secondary N) is 2. The fourth-order valence-electron chi connectivity index (χ4n) is 2.81. The molecule has 27 heavy (non-hydrogen) atoms. The number of amides is 3. The largest absolute Gasteiger partial charge is 0.312 e. The minimum Gasteiger partial charge on any atom is -0.312 e. The lowest BCUT2D eigenvalue weighted by molar-refractivity contribution is -0.121. The lowest BCUT2D eigenvalue weighted by Gasteiger charge is -2.16. The number of hydrogen-bond donors (Lipinski definition) is 2. The van der Waals surface area contributed by atoms with E-state index in [4.69, 9.17) is 23.2 Å². The Kier molecular flexibility index (Phi) is 5.98. The van der Waals surface area contributed by atoms with Gasteiger partial charge in [0.05, 0.1) is 17.0 Å². The van der Waals surface area contributed by atoms with Gasteiger partial charge in [0.15, 0.2) is 0 Å². The maximum atomic E-state index is 12.1. The van der Waals surface area contributed by atoms with E-state index in [0.717, 1.165) is 24.2 Å². The van der Waals surface area contributed by atoms with Gasteiger partial charge >= 0.3 is 0 Å². The molecular formula is C19H17Cl2N3O3. The Morgan fingerprint density at radius 2 is 1.78 bits per heavy atom. The first-order valence-corrected chi connectivity index (χ1v) is 9.13. The maximum Gasteiger partial charge on any atom is 0.271 e. The van der Waals surface area contributed by atoms with Gasteiger partial charge in [-0.1, -0.05) is 35.3 Å². The Balaban J connectivity index is 1.54. The highest BCUT2D eigenvalue weighted by atomic mass is 35.5. The Hall–Kier alpha value is -2.57. The quantitative estimate of drug-likeness (QED) is 0.766. The first kappa shape index (κ1) is 19.2. The van der Waals surface area contributed by atoms with Crippen LogP contribution in [0, 0.1) is 0 Å². The monoisotopic (exact) mass is 405 g/mol. The summed E-state index contributed by atoms with van der Waals surface area (Å²) in [6.07, 6.45) is 1.51. The van der Waals surface area contributed by atoms with Crippen LogP contribution in [0.1, 0.15) is 28.8 Å². The third kappa shape index (κ3) is 4.78. The highest BCUT2D eigenvalue weighted by Gasteiger charge is 2.21. The van der Waals surface area contributed by atoms with Gasteiger partial charge in [-0.05, 0) is 42.3 Å². The van der Waals surface area contributed by atoms with E-state index in [2.05, 4.69) is 10.9 Å². The SMILES string of the molecule is O=C(Cc1ccc(N2CCCC2=O)cc1)NNC(=O)c1cc(Cl)ccc1Cl. The summed E-state index contributed by atoms with van der Waals surface area (Å²) < 4.78 is 0. The predicted octanol–water partition coefficient (Wildman–Crippen LogP) is 3.12. The molecule has 1 heterocycles. The molecule has 140 valence electrons. The average molecular weight is 406 g/mol. The van der Waals surface area contributed by atoms with Gasteiger partial charge in [0.2, 0.25) is 11.8 Å². The molecule has 1 saturated heterocycles. The summed E-state index contributed by atoms with van der Waals surface area (Å²) in [5.41, 5.74) is 6.42. The van der Waals surface area contributed by atoms with Crippen LogP contribution in [-0.2, 0) is 16.0 Å². The van der Waals surface area contributed by atoms with Crippen molar-refractivity contribution < 1.29 is 14.4 Å². The number of carbonyl (C=O) groups excluding carboxylic acids is 3. The molecule has 0 saturated carbocycles. The van der Waals surface area contributed by atoms with Crippen molar-refractivity contribution >= 4 is 46.6 Å². The van der Waals surface area contributed by atoms with E-state index in [0.29, 0.717) is 11.4 Å². The van der Waals surface area contributed by atoms with E-state index < -0.39 is 5.91 Å². The standard InChI is InChI=1S/C19H17Cl2N3O3/c20-13-5-8-16(21)15(11-13)19(27)23-22-17(25)10-12-3-6-14(7-4-12)24-9-1-2-18(24)26/h3-8,11H,1-2,9-10H2,(H,22,25)(H,23,27). The average Bonchev–Trinajstić information content (AvgIpc) is 3.08. The second kappa shape index (κ2) is 8.41.